The van der Waals surface area contributed by atoms with Gasteiger partial charge in [-0.15, -0.1) is 0 Å². The maximum atomic E-state index is 10.9. The molecule has 0 radical (unpaired) electrons. The standard InChI is InChI=1S/C20H26BrN3O3/c1-4-20(25,15-6-8-16(21)9-7-15)13-24-19(22)23-12-14-5-10-17(26-2)18(11-14)27-3/h5-11,25H,4,12-13H2,1-3H3,(H3,22,23,24). The normalized spacial score (nSPS) is 13.7. The molecule has 1 unspecified atom stereocenters. The monoisotopic (exact) mass is 435 g/mol. The summed E-state index contributed by atoms with van der Waals surface area (Å²) in [6.07, 6.45) is 0.546. The molecular weight excluding hydrogens is 410 g/mol. The van der Waals surface area contributed by atoms with E-state index in [9.17, 15) is 5.11 Å². The van der Waals surface area contributed by atoms with Gasteiger partial charge in [0.05, 0.1) is 27.3 Å². The largest absolute Gasteiger partial charge is 0.493 e. The van der Waals surface area contributed by atoms with E-state index in [0.717, 1.165) is 15.6 Å². The van der Waals surface area contributed by atoms with E-state index in [4.69, 9.17) is 15.2 Å². The minimum atomic E-state index is -1.02. The number of ether oxygens (including phenoxy) is 2. The number of rotatable bonds is 8. The molecule has 0 saturated heterocycles. The Bertz CT molecular complexity index is 781. The Morgan fingerprint density at radius 2 is 1.81 bits per heavy atom. The zero-order valence-electron chi connectivity index (χ0n) is 15.8. The Kier molecular flexibility index (Phi) is 7.50. The van der Waals surface area contributed by atoms with Crippen LogP contribution in [-0.2, 0) is 12.1 Å². The zero-order valence-corrected chi connectivity index (χ0v) is 17.4. The average molecular weight is 436 g/mol. The van der Waals surface area contributed by atoms with Crippen molar-refractivity contribution < 1.29 is 14.6 Å². The number of hydrogen-bond donors (Lipinski definition) is 3. The van der Waals surface area contributed by atoms with Crippen molar-refractivity contribution in [3.8, 4) is 11.5 Å². The van der Waals surface area contributed by atoms with Crippen molar-refractivity contribution in [3.05, 3.63) is 58.1 Å². The highest BCUT2D eigenvalue weighted by Crippen LogP contribution is 2.28. The molecule has 27 heavy (non-hydrogen) atoms. The smallest absolute Gasteiger partial charge is 0.189 e. The van der Waals surface area contributed by atoms with Crippen molar-refractivity contribution in [3.63, 3.8) is 0 Å². The predicted molar refractivity (Wildman–Crippen MR) is 111 cm³/mol. The number of nitrogens with one attached hydrogen (secondary N) is 1. The molecule has 0 saturated carbocycles. The van der Waals surface area contributed by atoms with Crippen LogP contribution < -0.4 is 20.5 Å². The highest BCUT2D eigenvalue weighted by atomic mass is 79.9. The molecule has 6 nitrogen and oxygen atoms in total. The third kappa shape index (κ3) is 5.61. The van der Waals surface area contributed by atoms with Crippen LogP contribution >= 0.6 is 15.9 Å². The molecule has 2 aromatic rings. The number of benzene rings is 2. The van der Waals surface area contributed by atoms with Crippen LogP contribution in [0.15, 0.2) is 51.9 Å². The molecule has 0 aliphatic heterocycles. The number of halogens is 1. The summed E-state index contributed by atoms with van der Waals surface area (Å²) >= 11 is 3.41. The number of aliphatic imine (C=N–C) groups is 1. The second-order valence-corrected chi connectivity index (χ2v) is 7.05. The molecule has 0 heterocycles. The Balaban J connectivity index is 2.01. The van der Waals surface area contributed by atoms with Gasteiger partial charge in [-0.3, -0.25) is 0 Å². The fourth-order valence-corrected chi connectivity index (χ4v) is 2.90. The van der Waals surface area contributed by atoms with Gasteiger partial charge in [0.15, 0.2) is 17.5 Å². The summed E-state index contributed by atoms with van der Waals surface area (Å²) in [5.41, 5.74) is 6.72. The van der Waals surface area contributed by atoms with Crippen molar-refractivity contribution in [2.45, 2.75) is 25.5 Å². The first kappa shape index (κ1) is 21.1. The molecule has 7 heteroatoms. The first-order valence-corrected chi connectivity index (χ1v) is 9.44. The lowest BCUT2D eigenvalue weighted by atomic mass is 9.91. The first-order valence-electron chi connectivity index (χ1n) is 8.65. The van der Waals surface area contributed by atoms with Gasteiger partial charge in [-0.25, -0.2) is 4.99 Å². The summed E-state index contributed by atoms with van der Waals surface area (Å²) in [5, 5.41) is 13.9. The van der Waals surface area contributed by atoms with Crippen molar-refractivity contribution in [1.29, 1.82) is 0 Å². The van der Waals surface area contributed by atoms with Gasteiger partial charge < -0.3 is 25.6 Å². The van der Waals surface area contributed by atoms with Crippen LogP contribution in [0.2, 0.25) is 0 Å². The van der Waals surface area contributed by atoms with Gasteiger partial charge in [0.2, 0.25) is 0 Å². The number of nitrogens with zero attached hydrogens (tertiary/aromatic N) is 1. The van der Waals surface area contributed by atoms with Gasteiger partial charge in [-0.1, -0.05) is 41.1 Å². The second kappa shape index (κ2) is 9.62. The van der Waals surface area contributed by atoms with Gasteiger partial charge in [0.1, 0.15) is 5.60 Å². The summed E-state index contributed by atoms with van der Waals surface area (Å²) in [4.78, 5) is 4.34. The van der Waals surface area contributed by atoms with Gasteiger partial charge in [-0.05, 0) is 41.8 Å². The maximum Gasteiger partial charge on any atom is 0.189 e. The molecule has 2 aromatic carbocycles. The van der Waals surface area contributed by atoms with E-state index in [2.05, 4.69) is 26.2 Å². The van der Waals surface area contributed by atoms with Crippen LogP contribution in [0.4, 0.5) is 0 Å². The Morgan fingerprint density at radius 3 is 2.41 bits per heavy atom. The third-order valence-electron chi connectivity index (χ3n) is 4.41. The number of hydrogen-bond acceptors (Lipinski definition) is 4. The van der Waals surface area contributed by atoms with Crippen LogP contribution in [0.3, 0.4) is 0 Å². The van der Waals surface area contributed by atoms with E-state index in [1.807, 2.05) is 49.4 Å². The van der Waals surface area contributed by atoms with Gasteiger partial charge >= 0.3 is 0 Å². The molecule has 4 N–H and O–H groups in total. The number of methoxy groups -OCH3 is 2. The molecule has 146 valence electrons. The van der Waals surface area contributed by atoms with E-state index in [1.54, 1.807) is 14.2 Å². The molecule has 2 rings (SSSR count). The highest BCUT2D eigenvalue weighted by Gasteiger charge is 2.27. The molecule has 1 atom stereocenters. The lowest BCUT2D eigenvalue weighted by Crippen LogP contribution is -2.43. The fourth-order valence-electron chi connectivity index (χ4n) is 2.64. The van der Waals surface area contributed by atoms with E-state index in [1.165, 1.54) is 0 Å². The predicted octanol–water partition coefficient (Wildman–Crippen LogP) is 3.17. The Labute approximate surface area is 168 Å². The van der Waals surface area contributed by atoms with Crippen molar-refractivity contribution >= 4 is 21.9 Å². The fraction of sp³-hybridized carbons (Fsp3) is 0.350. The van der Waals surface area contributed by atoms with E-state index in [-0.39, 0.29) is 12.5 Å². The van der Waals surface area contributed by atoms with Crippen LogP contribution in [-0.4, -0.2) is 31.8 Å². The van der Waals surface area contributed by atoms with Gasteiger partial charge in [-0.2, -0.15) is 0 Å². The SMILES string of the molecule is CCC(O)(CNC(N)=NCc1ccc(OC)c(OC)c1)c1ccc(Br)cc1. The number of nitrogens with two attached hydrogens (primary N) is 1. The maximum absolute atomic E-state index is 10.9. The quantitative estimate of drug-likeness (QED) is 0.437. The highest BCUT2D eigenvalue weighted by molar-refractivity contribution is 9.10. The first-order chi connectivity index (χ1) is 12.9. The summed E-state index contributed by atoms with van der Waals surface area (Å²) in [7, 11) is 3.19. The lowest BCUT2D eigenvalue weighted by Gasteiger charge is -2.28. The number of guanidine groups is 1. The molecular formula is C20H26BrN3O3. The molecule has 0 aliphatic rings. The molecule has 0 fully saturated rings. The van der Waals surface area contributed by atoms with Crippen molar-refractivity contribution in [1.82, 2.24) is 5.32 Å². The summed E-state index contributed by atoms with van der Waals surface area (Å²) in [6.45, 7) is 2.59. The Morgan fingerprint density at radius 1 is 1.15 bits per heavy atom. The zero-order chi connectivity index (χ0) is 19.9. The lowest BCUT2D eigenvalue weighted by molar-refractivity contribution is 0.0371. The van der Waals surface area contributed by atoms with Crippen LogP contribution in [0, 0.1) is 0 Å². The van der Waals surface area contributed by atoms with E-state index < -0.39 is 5.60 Å². The van der Waals surface area contributed by atoms with Gasteiger partial charge in [0, 0.05) is 4.47 Å². The minimum Gasteiger partial charge on any atom is -0.493 e. The van der Waals surface area contributed by atoms with Crippen LogP contribution in [0.25, 0.3) is 0 Å². The topological polar surface area (TPSA) is 89.1 Å². The second-order valence-electron chi connectivity index (χ2n) is 6.14. The van der Waals surface area contributed by atoms with Crippen LogP contribution in [0.5, 0.6) is 11.5 Å². The average Bonchev–Trinajstić information content (AvgIpc) is 2.70. The third-order valence-corrected chi connectivity index (χ3v) is 4.94. The van der Waals surface area contributed by atoms with Crippen molar-refractivity contribution in [2.75, 3.05) is 20.8 Å². The molecule has 0 aliphatic carbocycles. The molecule has 0 aromatic heterocycles. The van der Waals surface area contributed by atoms with Crippen LogP contribution in [0.1, 0.15) is 24.5 Å². The Hall–Kier alpha value is -2.25. The molecule has 0 spiro atoms. The van der Waals surface area contributed by atoms with Crippen molar-refractivity contribution in [2.24, 2.45) is 10.7 Å². The summed E-state index contributed by atoms with van der Waals surface area (Å²) < 4.78 is 11.5. The van der Waals surface area contributed by atoms with E-state index >= 15 is 0 Å². The number of aliphatic hydroxyl groups is 1. The summed E-state index contributed by atoms with van der Waals surface area (Å²) in [5.74, 6) is 1.58. The van der Waals surface area contributed by atoms with Gasteiger partial charge in [0.25, 0.3) is 0 Å². The molecule has 0 bridgehead atoms. The summed E-state index contributed by atoms with van der Waals surface area (Å²) in [6, 6.07) is 13.2. The van der Waals surface area contributed by atoms with E-state index in [0.29, 0.717) is 24.5 Å². The minimum absolute atomic E-state index is 0.270. The molecule has 0 amide bonds.